The topological polar surface area (TPSA) is 3.88 Å². The molecule has 152 valence electrons. The molecule has 0 spiro atoms. The summed E-state index contributed by atoms with van der Waals surface area (Å²) in [6, 6.07) is 2.24. The maximum absolute atomic E-state index is 2.35. The van der Waals surface area contributed by atoms with Gasteiger partial charge in [0.1, 0.15) is 6.54 Å². The van der Waals surface area contributed by atoms with Gasteiger partial charge in [-0.15, -0.1) is 0 Å². The Kier molecular flexibility index (Phi) is 17.4. The number of rotatable bonds is 16. The minimum absolute atomic E-state index is 0. The average Bonchev–Trinajstić information content (AvgIpc) is 2.61. The lowest BCUT2D eigenvalue weighted by atomic mass is 10.0. The number of pyridine rings is 1. The summed E-state index contributed by atoms with van der Waals surface area (Å²) in [5.41, 5.74) is 2.80. The van der Waals surface area contributed by atoms with Gasteiger partial charge >= 0.3 is 0 Å². The SMILES string of the molecule is CCCCCCCCCCCCCCCCC[n+]1ccc(C)c(C)c1.[Cl-]. The summed E-state index contributed by atoms with van der Waals surface area (Å²) in [6.07, 6.45) is 26.1. The van der Waals surface area contributed by atoms with Crippen LogP contribution in [0, 0.1) is 13.8 Å². The quantitative estimate of drug-likeness (QED) is 0.294. The number of hydrogen-bond acceptors (Lipinski definition) is 0. The van der Waals surface area contributed by atoms with E-state index in [1.165, 1.54) is 114 Å². The van der Waals surface area contributed by atoms with Crippen molar-refractivity contribution in [3.63, 3.8) is 0 Å². The highest BCUT2D eigenvalue weighted by Crippen LogP contribution is 2.13. The first-order valence-corrected chi connectivity index (χ1v) is 11.2. The zero-order valence-corrected chi connectivity index (χ0v) is 18.6. The van der Waals surface area contributed by atoms with Crippen molar-refractivity contribution < 1.29 is 17.0 Å². The molecule has 0 unspecified atom stereocenters. The second-order valence-corrected chi connectivity index (χ2v) is 8.00. The Balaban J connectivity index is 0.00000625. The molecule has 0 aliphatic carbocycles. The van der Waals surface area contributed by atoms with Crippen LogP contribution < -0.4 is 17.0 Å². The molecule has 1 aromatic rings. The molecule has 1 aromatic heterocycles. The Morgan fingerprint density at radius 3 is 1.46 bits per heavy atom. The molecule has 26 heavy (non-hydrogen) atoms. The molecule has 0 aromatic carbocycles. The normalized spacial score (nSPS) is 10.7. The third-order valence-electron chi connectivity index (χ3n) is 5.52. The molecular formula is C24H44ClN. The first-order valence-electron chi connectivity index (χ1n) is 11.2. The van der Waals surface area contributed by atoms with Crippen molar-refractivity contribution in [2.75, 3.05) is 0 Å². The fourth-order valence-electron chi connectivity index (χ4n) is 3.54. The molecule has 0 radical (unpaired) electrons. The highest BCUT2D eigenvalue weighted by atomic mass is 35.5. The Bertz CT molecular complexity index is 430. The van der Waals surface area contributed by atoms with E-state index >= 15 is 0 Å². The van der Waals surface area contributed by atoms with E-state index in [1.807, 2.05) is 0 Å². The lowest BCUT2D eigenvalue weighted by molar-refractivity contribution is -0.697. The van der Waals surface area contributed by atoms with E-state index in [0.29, 0.717) is 0 Å². The van der Waals surface area contributed by atoms with Crippen molar-refractivity contribution in [2.45, 2.75) is 124 Å². The van der Waals surface area contributed by atoms with Gasteiger partial charge in [-0.25, -0.2) is 4.57 Å². The summed E-state index contributed by atoms with van der Waals surface area (Å²) in [7, 11) is 0. The fourth-order valence-corrected chi connectivity index (χ4v) is 3.54. The van der Waals surface area contributed by atoms with Crippen LogP contribution in [0.2, 0.25) is 0 Å². The third kappa shape index (κ3) is 13.6. The highest BCUT2D eigenvalue weighted by molar-refractivity contribution is 5.16. The first kappa shape index (κ1) is 25.4. The van der Waals surface area contributed by atoms with E-state index < -0.39 is 0 Å². The molecule has 1 nitrogen and oxygen atoms in total. The molecular weight excluding hydrogens is 338 g/mol. The van der Waals surface area contributed by atoms with Gasteiger partial charge in [-0.3, -0.25) is 0 Å². The van der Waals surface area contributed by atoms with Crippen molar-refractivity contribution in [1.29, 1.82) is 0 Å². The van der Waals surface area contributed by atoms with Crippen LogP contribution in [0.25, 0.3) is 0 Å². The van der Waals surface area contributed by atoms with Gasteiger partial charge in [0.05, 0.1) is 0 Å². The summed E-state index contributed by atoms with van der Waals surface area (Å²) in [5.74, 6) is 0. The Labute approximate surface area is 170 Å². The van der Waals surface area contributed by atoms with Crippen LogP contribution >= 0.6 is 0 Å². The zero-order chi connectivity index (χ0) is 18.2. The summed E-state index contributed by atoms with van der Waals surface area (Å²) >= 11 is 0. The van der Waals surface area contributed by atoms with E-state index in [0.717, 1.165) is 0 Å². The van der Waals surface area contributed by atoms with Crippen LogP contribution in [-0.2, 0) is 6.54 Å². The molecule has 0 bridgehead atoms. The van der Waals surface area contributed by atoms with Gasteiger partial charge in [0.2, 0.25) is 0 Å². The van der Waals surface area contributed by atoms with Crippen molar-refractivity contribution in [3.05, 3.63) is 29.6 Å². The molecule has 0 aliphatic heterocycles. The monoisotopic (exact) mass is 381 g/mol. The van der Waals surface area contributed by atoms with E-state index in [-0.39, 0.29) is 12.4 Å². The third-order valence-corrected chi connectivity index (χ3v) is 5.52. The maximum atomic E-state index is 2.35. The summed E-state index contributed by atoms with van der Waals surface area (Å²) < 4.78 is 2.35. The Morgan fingerprint density at radius 2 is 1.04 bits per heavy atom. The van der Waals surface area contributed by atoms with Gasteiger partial charge in [-0.1, -0.05) is 90.4 Å². The summed E-state index contributed by atoms with van der Waals surface area (Å²) in [5, 5.41) is 0. The number of halogens is 1. The molecule has 0 saturated carbocycles. The van der Waals surface area contributed by atoms with Gasteiger partial charge in [0.25, 0.3) is 0 Å². The van der Waals surface area contributed by atoms with Crippen LogP contribution in [0.1, 0.15) is 114 Å². The number of aromatic nitrogens is 1. The second kappa shape index (κ2) is 17.8. The van der Waals surface area contributed by atoms with E-state index in [4.69, 9.17) is 0 Å². The fraction of sp³-hybridized carbons (Fsp3) is 0.792. The summed E-state index contributed by atoms with van der Waals surface area (Å²) in [4.78, 5) is 0. The van der Waals surface area contributed by atoms with Gasteiger partial charge < -0.3 is 12.4 Å². The largest absolute Gasteiger partial charge is 1.00 e. The minimum Gasteiger partial charge on any atom is -1.00 e. The highest BCUT2D eigenvalue weighted by Gasteiger charge is 2.02. The van der Waals surface area contributed by atoms with Crippen LogP contribution in [0.3, 0.4) is 0 Å². The van der Waals surface area contributed by atoms with Gasteiger partial charge in [0.15, 0.2) is 12.4 Å². The molecule has 1 heterocycles. The van der Waals surface area contributed by atoms with Crippen LogP contribution in [0.5, 0.6) is 0 Å². The van der Waals surface area contributed by atoms with Crippen molar-refractivity contribution in [3.8, 4) is 0 Å². The number of unbranched alkanes of at least 4 members (excludes halogenated alkanes) is 14. The molecule has 0 saturated heterocycles. The molecule has 0 fully saturated rings. The average molecular weight is 382 g/mol. The smallest absolute Gasteiger partial charge is 0.171 e. The molecule has 0 amide bonds. The Hall–Kier alpha value is -0.560. The lowest BCUT2D eigenvalue weighted by Crippen LogP contribution is -3.00. The summed E-state index contributed by atoms with van der Waals surface area (Å²) in [6.45, 7) is 7.87. The van der Waals surface area contributed by atoms with Crippen molar-refractivity contribution in [2.24, 2.45) is 0 Å². The predicted molar refractivity (Wildman–Crippen MR) is 111 cm³/mol. The van der Waals surface area contributed by atoms with Crippen LogP contribution in [0.4, 0.5) is 0 Å². The minimum atomic E-state index is 0. The molecule has 1 rings (SSSR count). The van der Waals surface area contributed by atoms with Gasteiger partial charge in [-0.05, 0) is 25.8 Å². The number of hydrogen-bond donors (Lipinski definition) is 0. The van der Waals surface area contributed by atoms with E-state index in [2.05, 4.69) is 43.8 Å². The number of nitrogens with zero attached hydrogens (tertiary/aromatic N) is 1. The second-order valence-electron chi connectivity index (χ2n) is 8.00. The molecule has 0 atom stereocenters. The lowest BCUT2D eigenvalue weighted by Gasteiger charge is -2.03. The van der Waals surface area contributed by atoms with Crippen LogP contribution in [-0.4, -0.2) is 0 Å². The Morgan fingerprint density at radius 1 is 0.615 bits per heavy atom. The van der Waals surface area contributed by atoms with Gasteiger partial charge in [0, 0.05) is 18.1 Å². The van der Waals surface area contributed by atoms with Crippen molar-refractivity contribution >= 4 is 0 Å². The standard InChI is InChI=1S/C24H44N.ClH/c1-4-5-6-7-8-9-10-11-12-13-14-15-16-17-18-20-25-21-19-23(2)24(3)22-25;/h19,21-22H,4-18,20H2,1-3H3;1H/q+1;/p-1. The first-order chi connectivity index (χ1) is 12.2. The van der Waals surface area contributed by atoms with E-state index in [1.54, 1.807) is 0 Å². The zero-order valence-electron chi connectivity index (χ0n) is 17.9. The molecule has 0 aliphatic rings. The molecule has 2 heteroatoms. The maximum Gasteiger partial charge on any atom is 0.171 e. The molecule has 0 N–H and O–H groups in total. The predicted octanol–water partition coefficient (Wildman–Crippen LogP) is 4.47. The van der Waals surface area contributed by atoms with Gasteiger partial charge in [-0.2, -0.15) is 0 Å². The van der Waals surface area contributed by atoms with Crippen LogP contribution in [0.15, 0.2) is 18.5 Å². The van der Waals surface area contributed by atoms with Crippen molar-refractivity contribution in [1.82, 2.24) is 0 Å². The van der Waals surface area contributed by atoms with E-state index in [9.17, 15) is 0 Å². The number of aryl methyl sites for hydroxylation is 3.